The lowest BCUT2D eigenvalue weighted by molar-refractivity contribution is -0.684. The van der Waals surface area contributed by atoms with E-state index in [-0.39, 0.29) is 30.9 Å². The Bertz CT molecular complexity index is 1010. The molecule has 41 heavy (non-hydrogen) atoms. The van der Waals surface area contributed by atoms with Gasteiger partial charge in [-0.1, -0.05) is 19.1 Å². The van der Waals surface area contributed by atoms with Gasteiger partial charge in [0.1, 0.15) is 12.1 Å². The summed E-state index contributed by atoms with van der Waals surface area (Å²) < 4.78 is 1.85. The van der Waals surface area contributed by atoms with E-state index in [9.17, 15) is 14.4 Å². The predicted octanol–water partition coefficient (Wildman–Crippen LogP) is 6.31. The highest BCUT2D eigenvalue weighted by atomic mass is 16.4. The quantitative estimate of drug-likeness (QED) is 0.185. The number of carbonyl (C=O) groups excluding carboxylic acids is 4. The van der Waals surface area contributed by atoms with Crippen molar-refractivity contribution in [3.8, 4) is 0 Å². The van der Waals surface area contributed by atoms with E-state index >= 15 is 0 Å². The van der Waals surface area contributed by atoms with E-state index in [2.05, 4.69) is 31.8 Å². The summed E-state index contributed by atoms with van der Waals surface area (Å²) in [6, 6.07) is 7.85. The highest BCUT2D eigenvalue weighted by Crippen LogP contribution is 2.10. The van der Waals surface area contributed by atoms with Crippen LogP contribution in [-0.2, 0) is 30.5 Å². The monoisotopic (exact) mass is 577 g/mol. The van der Waals surface area contributed by atoms with Gasteiger partial charge in [0.05, 0.1) is 0 Å². The minimum absolute atomic E-state index is 0. The van der Waals surface area contributed by atoms with Crippen molar-refractivity contribution >= 4 is 29.6 Å². The second kappa shape index (κ2) is 32.4. The minimum Gasteiger partial charge on any atom is -0.481 e. The summed E-state index contributed by atoms with van der Waals surface area (Å²) in [6.07, 6.45) is 6.98. The Kier molecular flexibility index (Phi) is 39.5. The molecule has 4 N–H and O–H groups in total. The first-order valence-corrected chi connectivity index (χ1v) is 12.6. The van der Waals surface area contributed by atoms with Crippen LogP contribution >= 0.6 is 0 Å². The maximum absolute atomic E-state index is 10.6. The summed E-state index contributed by atoms with van der Waals surface area (Å²) in [5, 5.41) is 7.42. The molecule has 2 aromatic heterocycles. The molecule has 2 rings (SSSR count). The number of carboxylic acids is 1. The van der Waals surface area contributed by atoms with Crippen molar-refractivity contribution in [1.82, 2.24) is 11.1 Å². The molecular formula is C32H55N3O6. The molecule has 0 saturated heterocycles. The van der Waals surface area contributed by atoms with Gasteiger partial charge in [-0.25, -0.2) is 0 Å². The van der Waals surface area contributed by atoms with Crippen molar-refractivity contribution in [2.24, 2.45) is 0 Å². The van der Waals surface area contributed by atoms with Crippen LogP contribution in [0.3, 0.4) is 0 Å². The number of carbonyl (C=O) groups is 5. The number of hydrogen-bond acceptors (Lipinski definition) is 7. The molecule has 2 aromatic rings. The van der Waals surface area contributed by atoms with Crippen molar-refractivity contribution in [3.63, 3.8) is 0 Å². The second-order valence-corrected chi connectivity index (χ2v) is 8.38. The smallest absolute Gasteiger partial charge is 0.300 e. The summed E-state index contributed by atoms with van der Waals surface area (Å²) in [4.78, 5) is 52.9. The van der Waals surface area contributed by atoms with Gasteiger partial charge >= 0.3 is 0 Å². The Morgan fingerprint density at radius 3 is 1.51 bits per heavy atom. The first-order valence-electron chi connectivity index (χ1n) is 12.6. The number of ketones is 3. The van der Waals surface area contributed by atoms with Crippen LogP contribution in [0, 0.1) is 35.1 Å². The zero-order valence-electron chi connectivity index (χ0n) is 27.6. The number of pyridine rings is 2. The van der Waals surface area contributed by atoms with Crippen molar-refractivity contribution in [3.05, 3.63) is 78.2 Å². The van der Waals surface area contributed by atoms with Crippen molar-refractivity contribution < 1.29 is 33.6 Å². The lowest BCUT2D eigenvalue weighted by atomic mass is 10.1. The molecule has 0 saturated carbocycles. The molecular weight excluding hydrogens is 522 g/mol. The van der Waals surface area contributed by atoms with Gasteiger partial charge in [0.2, 0.25) is 6.54 Å². The molecule has 9 heteroatoms. The van der Waals surface area contributed by atoms with Crippen molar-refractivity contribution in [1.29, 1.82) is 0 Å². The number of aldehydes is 1. The van der Waals surface area contributed by atoms with Crippen LogP contribution in [0.1, 0.15) is 84.3 Å². The van der Waals surface area contributed by atoms with E-state index in [4.69, 9.17) is 14.7 Å². The fourth-order valence-corrected chi connectivity index (χ4v) is 2.09. The minimum atomic E-state index is -0.833. The Morgan fingerprint density at radius 2 is 1.27 bits per heavy atom. The van der Waals surface area contributed by atoms with Crippen LogP contribution in [0.4, 0.5) is 0 Å². The Labute approximate surface area is 248 Å². The van der Waals surface area contributed by atoms with Gasteiger partial charge in [-0.2, -0.15) is 4.57 Å². The molecule has 0 unspecified atom stereocenters. The average molecular weight is 578 g/mol. The maximum atomic E-state index is 10.6. The molecule has 0 aliphatic heterocycles. The number of aliphatic carboxylic acids is 1. The van der Waals surface area contributed by atoms with Crippen LogP contribution in [-0.4, -0.2) is 39.7 Å². The van der Waals surface area contributed by atoms with E-state index in [1.807, 2.05) is 68.9 Å². The number of aromatic nitrogens is 2. The van der Waals surface area contributed by atoms with Gasteiger partial charge < -0.3 is 28.3 Å². The molecule has 0 aromatic carbocycles. The second-order valence-electron chi connectivity index (χ2n) is 8.38. The standard InChI is InChI=1S/C9H13N.C8H10NO.C6H10O.C4H8O.C2H4O2.C2H4O.CH3.H3N/c1-6-5-7(2)10-9(4)8(6)3;1-8(10)7-9-5-3-2-4-6-9;1-4-5(2)6(3)7;1-3-4(2)5;1-2(3)4;1-2-3;;/h5H,1-4H3;2-6H,7H2,1H3;4H,1-3H3;3H2,1-2H3;1H3,(H,3,4);2H,1H3;2*1H3/q;+1;;;;;-1;/b;;5-4+;;;;;. The Balaban J connectivity index is -0.0000000933. The number of rotatable bonds is 4. The van der Waals surface area contributed by atoms with Gasteiger partial charge in [-0.15, -0.1) is 0 Å². The highest BCUT2D eigenvalue weighted by Gasteiger charge is 2.00. The fourth-order valence-electron chi connectivity index (χ4n) is 2.09. The SMILES string of the molecule is C/C=C(\C)C(C)=O.CC(=O)C[n+]1ccccc1.CC(=O)O.CC=O.CCC(C)=O.Cc1cc(C)c(C)c(C)n1.N.[CH3-]. The first kappa shape index (κ1) is 50.0. The number of Topliss-reactive ketones (excluding diaryl/α,β-unsaturated/α-hetero) is 3. The van der Waals surface area contributed by atoms with Gasteiger partial charge in [0, 0.05) is 43.8 Å². The Hall–Kier alpha value is -3.85. The molecule has 0 aliphatic rings. The Morgan fingerprint density at radius 1 is 0.878 bits per heavy atom. The highest BCUT2D eigenvalue weighted by molar-refractivity contribution is 5.92. The number of allylic oxidation sites excluding steroid dienone is 2. The summed E-state index contributed by atoms with van der Waals surface area (Å²) in [5.74, 6) is -0.247. The van der Waals surface area contributed by atoms with E-state index in [0.29, 0.717) is 13.0 Å². The predicted molar refractivity (Wildman–Crippen MR) is 168 cm³/mol. The summed E-state index contributed by atoms with van der Waals surface area (Å²) >= 11 is 0. The molecule has 234 valence electrons. The van der Waals surface area contributed by atoms with Crippen LogP contribution in [0.2, 0.25) is 0 Å². The molecule has 0 spiro atoms. The van der Waals surface area contributed by atoms with E-state index < -0.39 is 5.97 Å². The number of hydrogen-bond donors (Lipinski definition) is 2. The van der Waals surface area contributed by atoms with Gasteiger partial charge in [-0.05, 0) is 85.1 Å². The van der Waals surface area contributed by atoms with Gasteiger partial charge in [-0.3, -0.25) is 19.4 Å². The fraction of sp³-hybridized carbons (Fsp3) is 0.438. The molecule has 0 aliphatic carbocycles. The molecule has 0 atom stereocenters. The molecule has 9 nitrogen and oxygen atoms in total. The third-order valence-corrected chi connectivity index (χ3v) is 4.57. The lowest BCUT2D eigenvalue weighted by Gasteiger charge is -2.03. The van der Waals surface area contributed by atoms with Gasteiger partial charge in [0.25, 0.3) is 5.97 Å². The summed E-state index contributed by atoms with van der Waals surface area (Å²) in [7, 11) is 0. The van der Waals surface area contributed by atoms with E-state index in [1.54, 1.807) is 20.8 Å². The largest absolute Gasteiger partial charge is 0.481 e. The molecule has 0 fully saturated rings. The zero-order chi connectivity index (χ0) is 31.6. The number of carboxylic acid groups (broad SMARTS) is 1. The first-order chi connectivity index (χ1) is 18.0. The zero-order valence-corrected chi connectivity index (χ0v) is 27.6. The average Bonchev–Trinajstić information content (AvgIpc) is 2.83. The number of aryl methyl sites for hydroxylation is 3. The number of nitrogens with zero attached hydrogens (tertiary/aromatic N) is 2. The molecule has 0 radical (unpaired) electrons. The van der Waals surface area contributed by atoms with E-state index in [1.165, 1.54) is 18.1 Å². The lowest BCUT2D eigenvalue weighted by Crippen LogP contribution is -2.35. The third kappa shape index (κ3) is 40.8. The van der Waals surface area contributed by atoms with E-state index in [0.717, 1.165) is 30.2 Å². The normalized spacial score (nSPS) is 8.54. The van der Waals surface area contributed by atoms with Crippen LogP contribution in [0.15, 0.2) is 48.3 Å². The van der Waals surface area contributed by atoms with Crippen LogP contribution in [0.5, 0.6) is 0 Å². The summed E-state index contributed by atoms with van der Waals surface area (Å²) in [6.45, 7) is 21.6. The molecule has 0 bridgehead atoms. The third-order valence-electron chi connectivity index (χ3n) is 4.57. The van der Waals surface area contributed by atoms with Crippen LogP contribution in [0.25, 0.3) is 0 Å². The van der Waals surface area contributed by atoms with Crippen molar-refractivity contribution in [2.45, 2.75) is 96.1 Å². The van der Waals surface area contributed by atoms with Crippen molar-refractivity contribution in [2.75, 3.05) is 0 Å². The van der Waals surface area contributed by atoms with Gasteiger partial charge in [0.15, 0.2) is 24.0 Å². The maximum Gasteiger partial charge on any atom is 0.300 e. The summed E-state index contributed by atoms with van der Waals surface area (Å²) in [5.41, 5.74) is 5.74. The topological polar surface area (TPSA) is 157 Å². The van der Waals surface area contributed by atoms with Crippen LogP contribution < -0.4 is 10.7 Å². The molecule has 2 heterocycles. The molecule has 0 amide bonds.